The van der Waals surface area contributed by atoms with Gasteiger partial charge in [-0.15, -0.1) is 10.2 Å². The first-order valence-electron chi connectivity index (χ1n) is 9.59. The van der Waals surface area contributed by atoms with Gasteiger partial charge in [0.15, 0.2) is 11.0 Å². The molecule has 1 aromatic carbocycles. The lowest BCUT2D eigenvalue weighted by atomic mass is 9.99. The van der Waals surface area contributed by atoms with Gasteiger partial charge in [-0.25, -0.2) is 0 Å². The third-order valence-electron chi connectivity index (χ3n) is 4.93. The van der Waals surface area contributed by atoms with Crippen molar-refractivity contribution in [1.82, 2.24) is 19.7 Å². The molecule has 2 aromatic rings. The first-order valence-corrected chi connectivity index (χ1v) is 10.6. The van der Waals surface area contributed by atoms with Crippen molar-refractivity contribution in [3.8, 4) is 5.75 Å². The van der Waals surface area contributed by atoms with Crippen molar-refractivity contribution in [2.24, 2.45) is 5.92 Å². The topological polar surface area (TPSA) is 60.2 Å². The van der Waals surface area contributed by atoms with E-state index in [2.05, 4.69) is 24.0 Å². The lowest BCUT2D eigenvalue weighted by Crippen LogP contribution is -2.38. The van der Waals surface area contributed by atoms with Crippen LogP contribution in [0.2, 0.25) is 0 Å². The van der Waals surface area contributed by atoms with E-state index in [1.165, 1.54) is 11.8 Å². The number of hydrogen-bond acceptors (Lipinski definition) is 5. The molecule has 1 aliphatic rings. The number of thioether (sulfide) groups is 1. The molecule has 3 rings (SSSR count). The Labute approximate surface area is 165 Å². The Hall–Kier alpha value is -2.02. The molecule has 1 aromatic heterocycles. The number of aromatic nitrogens is 3. The number of hydrogen-bond donors (Lipinski definition) is 0. The minimum atomic E-state index is 0.190. The average molecular weight is 389 g/mol. The van der Waals surface area contributed by atoms with Crippen LogP contribution in [0.1, 0.15) is 38.1 Å². The van der Waals surface area contributed by atoms with Gasteiger partial charge in [0.1, 0.15) is 12.4 Å². The highest BCUT2D eigenvalue weighted by molar-refractivity contribution is 7.99. The van der Waals surface area contributed by atoms with Crippen molar-refractivity contribution < 1.29 is 9.53 Å². The molecule has 0 unspecified atom stereocenters. The summed E-state index contributed by atoms with van der Waals surface area (Å²) in [6, 6.07) is 7.95. The van der Waals surface area contributed by atoms with Crippen LogP contribution < -0.4 is 4.74 Å². The van der Waals surface area contributed by atoms with Gasteiger partial charge < -0.3 is 14.2 Å². The van der Waals surface area contributed by atoms with Gasteiger partial charge in [0, 0.05) is 19.6 Å². The zero-order chi connectivity index (χ0) is 19.2. The number of aryl methyl sites for hydroxylation is 1. The van der Waals surface area contributed by atoms with Gasteiger partial charge in [-0.05, 0) is 50.3 Å². The summed E-state index contributed by atoms with van der Waals surface area (Å²) in [6.07, 6.45) is 2.20. The van der Waals surface area contributed by atoms with E-state index in [0.717, 1.165) is 60.7 Å². The monoisotopic (exact) mass is 388 g/mol. The molecule has 0 bridgehead atoms. The number of ether oxygens (including phenoxy) is 1. The fraction of sp³-hybridized carbons (Fsp3) is 0.550. The number of carbonyl (C=O) groups is 1. The maximum absolute atomic E-state index is 12.5. The molecule has 0 saturated carbocycles. The van der Waals surface area contributed by atoms with Crippen LogP contribution in [0.15, 0.2) is 29.4 Å². The highest BCUT2D eigenvalue weighted by atomic mass is 32.2. The fourth-order valence-electron chi connectivity index (χ4n) is 3.18. The largest absolute Gasteiger partial charge is 0.486 e. The minimum absolute atomic E-state index is 0.190. The third-order valence-corrected chi connectivity index (χ3v) is 5.88. The summed E-state index contributed by atoms with van der Waals surface area (Å²) in [7, 11) is 0. The molecule has 2 heterocycles. The van der Waals surface area contributed by atoms with Gasteiger partial charge in [0.25, 0.3) is 0 Å². The van der Waals surface area contributed by atoms with E-state index >= 15 is 0 Å². The number of nitrogens with zero attached hydrogens (tertiary/aromatic N) is 4. The Balaban J connectivity index is 1.56. The second kappa shape index (κ2) is 9.26. The van der Waals surface area contributed by atoms with Crippen LogP contribution in [-0.4, -0.2) is 44.4 Å². The van der Waals surface area contributed by atoms with Crippen molar-refractivity contribution in [3.63, 3.8) is 0 Å². The van der Waals surface area contributed by atoms with E-state index in [4.69, 9.17) is 4.74 Å². The van der Waals surface area contributed by atoms with Crippen molar-refractivity contribution in [3.05, 3.63) is 35.7 Å². The van der Waals surface area contributed by atoms with Crippen molar-refractivity contribution in [2.75, 3.05) is 18.8 Å². The number of carbonyl (C=O) groups excluding carboxylic acids is 1. The Morgan fingerprint density at radius 3 is 2.78 bits per heavy atom. The molecule has 0 radical (unpaired) electrons. The van der Waals surface area contributed by atoms with Crippen LogP contribution in [0.25, 0.3) is 0 Å². The fourth-order valence-corrected chi connectivity index (χ4v) is 4.10. The summed E-state index contributed by atoms with van der Waals surface area (Å²) in [4.78, 5) is 14.4. The molecule has 27 heavy (non-hydrogen) atoms. The molecule has 7 heteroatoms. The highest BCUT2D eigenvalue weighted by Crippen LogP contribution is 2.21. The molecule has 1 aliphatic heterocycles. The summed E-state index contributed by atoms with van der Waals surface area (Å²) >= 11 is 1.46. The Morgan fingerprint density at radius 2 is 2.07 bits per heavy atom. The predicted octanol–water partition coefficient (Wildman–Crippen LogP) is 3.54. The van der Waals surface area contributed by atoms with Gasteiger partial charge in [-0.3, -0.25) is 4.79 Å². The lowest BCUT2D eigenvalue weighted by molar-refractivity contribution is -0.129. The van der Waals surface area contributed by atoms with Gasteiger partial charge in [-0.1, -0.05) is 30.8 Å². The Kier molecular flexibility index (Phi) is 6.77. The lowest BCUT2D eigenvalue weighted by Gasteiger charge is -2.30. The van der Waals surface area contributed by atoms with E-state index < -0.39 is 0 Å². The molecule has 0 aliphatic carbocycles. The van der Waals surface area contributed by atoms with E-state index in [-0.39, 0.29) is 5.91 Å². The highest BCUT2D eigenvalue weighted by Gasteiger charge is 2.21. The number of amides is 1. The number of piperidine rings is 1. The molecule has 1 fully saturated rings. The first kappa shape index (κ1) is 19.7. The minimum Gasteiger partial charge on any atom is -0.486 e. The van der Waals surface area contributed by atoms with Crippen LogP contribution >= 0.6 is 11.8 Å². The van der Waals surface area contributed by atoms with Gasteiger partial charge in [-0.2, -0.15) is 0 Å². The SMILES string of the molecule is CCn1c(COc2cccc(C)c2)nnc1SCC(=O)N1CCC(C)CC1. The number of likely N-dealkylation sites (tertiary alicyclic amines) is 1. The average Bonchev–Trinajstić information content (AvgIpc) is 3.07. The summed E-state index contributed by atoms with van der Waals surface area (Å²) in [6.45, 7) is 9.20. The van der Waals surface area contributed by atoms with Gasteiger partial charge >= 0.3 is 0 Å². The molecule has 146 valence electrons. The predicted molar refractivity (Wildman–Crippen MR) is 107 cm³/mol. The summed E-state index contributed by atoms with van der Waals surface area (Å²) < 4.78 is 7.87. The van der Waals surface area contributed by atoms with E-state index in [9.17, 15) is 4.79 Å². The number of benzene rings is 1. The second-order valence-corrected chi connectivity index (χ2v) is 8.04. The quantitative estimate of drug-likeness (QED) is 0.679. The van der Waals surface area contributed by atoms with Crippen LogP contribution in [0.4, 0.5) is 0 Å². The van der Waals surface area contributed by atoms with Gasteiger partial charge in [0.2, 0.25) is 5.91 Å². The summed E-state index contributed by atoms with van der Waals surface area (Å²) in [5, 5.41) is 9.32. The van der Waals surface area contributed by atoms with E-state index in [1.54, 1.807) is 0 Å². The van der Waals surface area contributed by atoms with Crippen molar-refractivity contribution in [2.45, 2.75) is 51.9 Å². The maximum Gasteiger partial charge on any atom is 0.233 e. The summed E-state index contributed by atoms with van der Waals surface area (Å²) in [5.41, 5.74) is 1.16. The third kappa shape index (κ3) is 5.25. The maximum atomic E-state index is 12.5. The Bertz CT molecular complexity index is 769. The zero-order valence-electron chi connectivity index (χ0n) is 16.4. The van der Waals surface area contributed by atoms with Crippen molar-refractivity contribution in [1.29, 1.82) is 0 Å². The number of rotatable bonds is 7. The van der Waals surface area contributed by atoms with Crippen LogP contribution in [-0.2, 0) is 17.9 Å². The van der Waals surface area contributed by atoms with Crippen LogP contribution in [0.5, 0.6) is 5.75 Å². The molecule has 1 amide bonds. The smallest absolute Gasteiger partial charge is 0.233 e. The van der Waals surface area contributed by atoms with Gasteiger partial charge in [0.05, 0.1) is 5.75 Å². The molecular formula is C20H28N4O2S. The standard InChI is InChI=1S/C20H28N4O2S/c1-4-24-18(13-26-17-7-5-6-16(3)12-17)21-22-20(24)27-14-19(25)23-10-8-15(2)9-11-23/h5-7,12,15H,4,8-11,13-14H2,1-3H3. The zero-order valence-corrected chi connectivity index (χ0v) is 17.2. The second-order valence-electron chi connectivity index (χ2n) is 7.10. The van der Waals surface area contributed by atoms with E-state index in [0.29, 0.717) is 12.4 Å². The van der Waals surface area contributed by atoms with Crippen molar-refractivity contribution >= 4 is 17.7 Å². The molecular weight excluding hydrogens is 360 g/mol. The molecule has 6 nitrogen and oxygen atoms in total. The molecule has 0 N–H and O–H groups in total. The van der Waals surface area contributed by atoms with Crippen LogP contribution in [0, 0.1) is 12.8 Å². The first-order chi connectivity index (χ1) is 13.1. The summed E-state index contributed by atoms with van der Waals surface area (Å²) in [5.74, 6) is 2.92. The molecule has 0 atom stereocenters. The van der Waals surface area contributed by atoms with E-state index in [1.807, 2.05) is 40.7 Å². The van der Waals surface area contributed by atoms with Crippen LogP contribution in [0.3, 0.4) is 0 Å². The Morgan fingerprint density at radius 1 is 1.30 bits per heavy atom. The normalized spacial score (nSPS) is 15.1. The molecule has 1 saturated heterocycles. The molecule has 0 spiro atoms.